The summed E-state index contributed by atoms with van der Waals surface area (Å²) in [4.78, 5) is 4.80. The van der Waals surface area contributed by atoms with E-state index in [9.17, 15) is 4.39 Å². The summed E-state index contributed by atoms with van der Waals surface area (Å²) in [6, 6.07) is 11.9. The second kappa shape index (κ2) is 7.72. The molecule has 3 aromatic heterocycles. The second-order valence-corrected chi connectivity index (χ2v) is 8.29. The fourth-order valence-electron chi connectivity index (χ4n) is 4.32. The van der Waals surface area contributed by atoms with Crippen LogP contribution in [0.4, 0.5) is 4.39 Å². The number of rotatable bonds is 5. The molecule has 0 spiro atoms. The van der Waals surface area contributed by atoms with Crippen molar-refractivity contribution in [2.45, 2.75) is 44.8 Å². The summed E-state index contributed by atoms with van der Waals surface area (Å²) in [5.41, 5.74) is 4.20. The van der Waals surface area contributed by atoms with Crippen molar-refractivity contribution in [3.63, 3.8) is 0 Å². The lowest BCUT2D eigenvalue weighted by molar-refractivity contribution is 0.139. The molecule has 0 amide bonds. The van der Waals surface area contributed by atoms with E-state index in [-0.39, 0.29) is 0 Å². The maximum atomic E-state index is 14.9. The van der Waals surface area contributed by atoms with E-state index < -0.39 is 5.67 Å². The summed E-state index contributed by atoms with van der Waals surface area (Å²) in [5.74, 6) is 0.481. The average molecular weight is 417 g/mol. The molecule has 0 aliphatic heterocycles. The number of pyridine rings is 1. The Morgan fingerprint density at radius 2 is 1.90 bits per heavy atom. The first-order valence-corrected chi connectivity index (χ1v) is 10.5. The highest BCUT2D eigenvalue weighted by atomic mass is 19.1. The lowest BCUT2D eigenvalue weighted by atomic mass is 10.00. The number of ether oxygens (including phenoxy) is 1. The van der Waals surface area contributed by atoms with Gasteiger partial charge in [-0.2, -0.15) is 5.10 Å². The number of methoxy groups -OCH3 is 1. The van der Waals surface area contributed by atoms with Crippen molar-refractivity contribution >= 4 is 10.9 Å². The first-order chi connectivity index (χ1) is 15.0. The quantitative estimate of drug-likeness (QED) is 0.449. The van der Waals surface area contributed by atoms with Crippen molar-refractivity contribution in [2.75, 3.05) is 7.11 Å². The van der Waals surface area contributed by atoms with Crippen LogP contribution in [0.1, 0.15) is 31.4 Å². The van der Waals surface area contributed by atoms with Crippen molar-refractivity contribution in [3.8, 4) is 28.3 Å². The van der Waals surface area contributed by atoms with E-state index >= 15 is 0 Å². The highest BCUT2D eigenvalue weighted by Crippen LogP contribution is 2.36. The Bertz CT molecular complexity index is 1250. The molecule has 1 fully saturated rings. The summed E-state index contributed by atoms with van der Waals surface area (Å²) >= 11 is 0. The summed E-state index contributed by atoms with van der Waals surface area (Å²) in [6.07, 6.45) is 6.84. The number of fused-ring (bicyclic) bond motifs is 1. The molecule has 0 N–H and O–H groups in total. The molecule has 0 radical (unpaired) electrons. The molecule has 6 nitrogen and oxygen atoms in total. The van der Waals surface area contributed by atoms with Gasteiger partial charge in [0, 0.05) is 40.0 Å². The molecule has 1 saturated carbocycles. The highest BCUT2D eigenvalue weighted by Gasteiger charge is 2.34. The number of benzene rings is 1. The molecule has 158 valence electrons. The molecular weight excluding hydrogens is 393 g/mol. The Morgan fingerprint density at radius 1 is 1.06 bits per heavy atom. The van der Waals surface area contributed by atoms with Gasteiger partial charge in [-0.1, -0.05) is 31.0 Å². The van der Waals surface area contributed by atoms with Gasteiger partial charge in [0.05, 0.1) is 31.1 Å². The zero-order chi connectivity index (χ0) is 21.4. The van der Waals surface area contributed by atoms with Gasteiger partial charge in [-0.05, 0) is 31.9 Å². The van der Waals surface area contributed by atoms with Crippen LogP contribution in [0.3, 0.4) is 0 Å². The third-order valence-corrected chi connectivity index (χ3v) is 5.97. The molecule has 1 aliphatic rings. The molecule has 5 rings (SSSR count). The minimum Gasteiger partial charge on any atom is -0.480 e. The minimum absolute atomic E-state index is 0.301. The first-order valence-electron chi connectivity index (χ1n) is 10.5. The molecule has 0 unspecified atom stereocenters. The van der Waals surface area contributed by atoms with Gasteiger partial charge in [-0.15, -0.1) is 10.2 Å². The van der Waals surface area contributed by atoms with E-state index in [4.69, 9.17) is 9.72 Å². The van der Waals surface area contributed by atoms with E-state index in [0.29, 0.717) is 25.3 Å². The number of aromatic nitrogens is 5. The summed E-state index contributed by atoms with van der Waals surface area (Å²) in [7, 11) is 1.57. The van der Waals surface area contributed by atoms with Gasteiger partial charge in [-0.25, -0.2) is 4.39 Å². The molecule has 0 saturated heterocycles. The number of nitrogens with zero attached hydrogens (tertiary/aromatic N) is 5. The Balaban J connectivity index is 1.53. The van der Waals surface area contributed by atoms with Crippen LogP contribution < -0.4 is 4.74 Å². The van der Waals surface area contributed by atoms with E-state index in [1.807, 2.05) is 49.5 Å². The molecule has 1 aliphatic carbocycles. The Kier molecular flexibility index (Phi) is 4.88. The topological polar surface area (TPSA) is 65.7 Å². The second-order valence-electron chi connectivity index (χ2n) is 8.29. The predicted molar refractivity (Wildman–Crippen MR) is 118 cm³/mol. The number of halogens is 1. The Labute approximate surface area is 180 Å². The summed E-state index contributed by atoms with van der Waals surface area (Å²) in [6.45, 7) is 2.27. The van der Waals surface area contributed by atoms with Crippen molar-refractivity contribution in [1.82, 2.24) is 25.0 Å². The third-order valence-electron chi connectivity index (χ3n) is 5.97. The SMILES string of the molecule is COc1cc2ccc(-c3nc(C)ccc3-c3cnn(CC4(F)CCCC4)c3)cc2nn1. The van der Waals surface area contributed by atoms with E-state index in [0.717, 1.165) is 51.8 Å². The van der Waals surface area contributed by atoms with Crippen molar-refractivity contribution in [3.05, 3.63) is 54.5 Å². The third kappa shape index (κ3) is 3.87. The van der Waals surface area contributed by atoms with Gasteiger partial charge in [0.15, 0.2) is 0 Å². The highest BCUT2D eigenvalue weighted by molar-refractivity contribution is 5.88. The van der Waals surface area contributed by atoms with Gasteiger partial charge in [0.2, 0.25) is 5.88 Å². The fraction of sp³-hybridized carbons (Fsp3) is 0.333. The van der Waals surface area contributed by atoms with Crippen molar-refractivity contribution < 1.29 is 9.13 Å². The normalized spacial score (nSPS) is 15.5. The monoisotopic (exact) mass is 417 g/mol. The molecule has 31 heavy (non-hydrogen) atoms. The largest absolute Gasteiger partial charge is 0.480 e. The zero-order valence-corrected chi connectivity index (χ0v) is 17.7. The number of hydrogen-bond donors (Lipinski definition) is 0. The number of alkyl halides is 1. The average Bonchev–Trinajstić information content (AvgIpc) is 3.42. The van der Waals surface area contributed by atoms with E-state index in [1.54, 1.807) is 18.0 Å². The Hall–Kier alpha value is -3.35. The zero-order valence-electron chi connectivity index (χ0n) is 17.7. The van der Waals surface area contributed by atoms with Crippen LogP contribution in [0.15, 0.2) is 48.8 Å². The van der Waals surface area contributed by atoms with E-state index in [1.165, 1.54) is 0 Å². The van der Waals surface area contributed by atoms with Crippen LogP contribution in [0, 0.1) is 6.92 Å². The molecule has 0 atom stereocenters. The van der Waals surface area contributed by atoms with Crippen molar-refractivity contribution in [2.24, 2.45) is 0 Å². The van der Waals surface area contributed by atoms with Crippen LogP contribution >= 0.6 is 0 Å². The number of hydrogen-bond acceptors (Lipinski definition) is 5. The molecule has 7 heteroatoms. The van der Waals surface area contributed by atoms with Gasteiger partial charge in [0.1, 0.15) is 5.67 Å². The van der Waals surface area contributed by atoms with Gasteiger partial charge in [0.25, 0.3) is 0 Å². The molecule has 0 bridgehead atoms. The summed E-state index contributed by atoms with van der Waals surface area (Å²) in [5, 5.41) is 13.7. The minimum atomic E-state index is -1.14. The molecule has 3 heterocycles. The standard InChI is InChI=1S/C24H24FN5O/c1-16-5-8-20(19-13-26-30(14-19)15-24(25)9-3-4-10-24)23(27-16)18-7-6-17-12-22(31-2)29-28-21(17)11-18/h5-8,11-14H,3-4,9-10,15H2,1-2H3. The first kappa shape index (κ1) is 19.6. The van der Waals surface area contributed by atoms with Gasteiger partial charge >= 0.3 is 0 Å². The molecular formula is C24H24FN5O. The predicted octanol–water partition coefficient (Wildman–Crippen LogP) is 5.15. The summed E-state index contributed by atoms with van der Waals surface area (Å²) < 4.78 is 21.8. The van der Waals surface area contributed by atoms with E-state index in [2.05, 4.69) is 15.3 Å². The van der Waals surface area contributed by atoms with Gasteiger partial charge in [-0.3, -0.25) is 9.67 Å². The molecule has 4 aromatic rings. The van der Waals surface area contributed by atoms with Gasteiger partial charge < -0.3 is 4.74 Å². The maximum Gasteiger partial charge on any atom is 0.233 e. The lowest BCUT2D eigenvalue weighted by Gasteiger charge is -2.18. The van der Waals surface area contributed by atoms with Crippen LogP contribution in [-0.4, -0.2) is 37.7 Å². The van der Waals surface area contributed by atoms with Crippen LogP contribution in [-0.2, 0) is 6.54 Å². The fourth-order valence-corrected chi connectivity index (χ4v) is 4.32. The Morgan fingerprint density at radius 3 is 2.71 bits per heavy atom. The maximum absolute atomic E-state index is 14.9. The van der Waals surface area contributed by atoms with Crippen molar-refractivity contribution in [1.29, 1.82) is 0 Å². The smallest absolute Gasteiger partial charge is 0.233 e. The number of aryl methyl sites for hydroxylation is 1. The van der Waals surface area contributed by atoms with Crippen LogP contribution in [0.25, 0.3) is 33.3 Å². The van der Waals surface area contributed by atoms with Crippen LogP contribution in [0.5, 0.6) is 5.88 Å². The van der Waals surface area contributed by atoms with Crippen LogP contribution in [0.2, 0.25) is 0 Å². The lowest BCUT2D eigenvalue weighted by Crippen LogP contribution is -2.25. The molecule has 1 aromatic carbocycles.